The van der Waals surface area contributed by atoms with Crippen LogP contribution in [0.2, 0.25) is 0 Å². The number of alkyl halides is 3. The highest BCUT2D eigenvalue weighted by Gasteiger charge is 2.35. The predicted molar refractivity (Wildman–Crippen MR) is 49.4 cm³/mol. The van der Waals surface area contributed by atoms with Gasteiger partial charge in [-0.15, -0.1) is 0 Å². The summed E-state index contributed by atoms with van der Waals surface area (Å²) in [6, 6.07) is 3.17. The van der Waals surface area contributed by atoms with Crippen molar-refractivity contribution in [1.29, 1.82) is 0 Å². The molecule has 0 aliphatic heterocycles. The van der Waals surface area contributed by atoms with Gasteiger partial charge in [-0.05, 0) is 19.1 Å². The van der Waals surface area contributed by atoms with Crippen molar-refractivity contribution in [3.63, 3.8) is 0 Å². The molecule has 0 atom stereocenters. The van der Waals surface area contributed by atoms with Gasteiger partial charge in [-0.25, -0.2) is 4.98 Å². The Hall–Kier alpha value is -1.92. The lowest BCUT2D eigenvalue weighted by Gasteiger charge is -1.98. The highest BCUT2D eigenvalue weighted by Crippen LogP contribution is 2.27. The van der Waals surface area contributed by atoms with Crippen molar-refractivity contribution < 1.29 is 13.2 Å². The van der Waals surface area contributed by atoms with Gasteiger partial charge in [0, 0.05) is 17.5 Å². The van der Waals surface area contributed by atoms with Gasteiger partial charge in [0.15, 0.2) is 5.82 Å². The van der Waals surface area contributed by atoms with Crippen LogP contribution >= 0.6 is 0 Å². The van der Waals surface area contributed by atoms with E-state index >= 15 is 0 Å². The zero-order chi connectivity index (χ0) is 11.8. The number of aromatic amines is 1. The van der Waals surface area contributed by atoms with Gasteiger partial charge in [-0.1, -0.05) is 0 Å². The molecule has 0 bridgehead atoms. The van der Waals surface area contributed by atoms with E-state index in [9.17, 15) is 13.2 Å². The van der Waals surface area contributed by atoms with Gasteiger partial charge >= 0.3 is 6.18 Å². The van der Waals surface area contributed by atoms with Crippen molar-refractivity contribution in [2.75, 3.05) is 0 Å². The van der Waals surface area contributed by atoms with Crippen LogP contribution in [0.4, 0.5) is 13.2 Å². The fourth-order valence-corrected chi connectivity index (χ4v) is 1.20. The van der Waals surface area contributed by atoms with Crippen LogP contribution in [-0.2, 0) is 6.18 Å². The summed E-state index contributed by atoms with van der Waals surface area (Å²) >= 11 is 0. The van der Waals surface area contributed by atoms with Gasteiger partial charge in [0.1, 0.15) is 0 Å². The van der Waals surface area contributed by atoms with E-state index in [0.29, 0.717) is 11.3 Å². The van der Waals surface area contributed by atoms with Gasteiger partial charge < -0.3 is 0 Å². The summed E-state index contributed by atoms with van der Waals surface area (Å²) in [5.41, 5.74) is 1.19. The van der Waals surface area contributed by atoms with E-state index < -0.39 is 12.0 Å². The topological polar surface area (TPSA) is 54.5 Å². The van der Waals surface area contributed by atoms with Gasteiger partial charge in [0.2, 0.25) is 5.82 Å². The molecule has 2 heterocycles. The van der Waals surface area contributed by atoms with Crippen molar-refractivity contribution >= 4 is 0 Å². The number of rotatable bonds is 1. The largest absolute Gasteiger partial charge is 0.451 e. The lowest BCUT2D eigenvalue weighted by Crippen LogP contribution is -2.07. The van der Waals surface area contributed by atoms with Crippen LogP contribution in [0.25, 0.3) is 11.4 Å². The Morgan fingerprint density at radius 1 is 1.31 bits per heavy atom. The molecule has 84 valence electrons. The Balaban J connectivity index is 2.39. The molecule has 16 heavy (non-hydrogen) atoms. The van der Waals surface area contributed by atoms with Crippen molar-refractivity contribution in [1.82, 2.24) is 20.2 Å². The number of H-pyrrole nitrogens is 1. The average Bonchev–Trinajstić information content (AvgIpc) is 2.65. The number of nitrogens with one attached hydrogen (secondary N) is 1. The van der Waals surface area contributed by atoms with Gasteiger partial charge in [-0.3, -0.25) is 10.1 Å². The van der Waals surface area contributed by atoms with E-state index in [1.807, 2.05) is 5.10 Å². The summed E-state index contributed by atoms with van der Waals surface area (Å²) in [5, 5.41) is 5.37. The van der Waals surface area contributed by atoms with E-state index in [1.54, 1.807) is 19.1 Å². The molecule has 0 radical (unpaired) electrons. The highest BCUT2D eigenvalue weighted by molar-refractivity contribution is 5.54. The van der Waals surface area contributed by atoms with Crippen molar-refractivity contribution in [3.8, 4) is 11.4 Å². The van der Waals surface area contributed by atoms with Crippen LogP contribution in [-0.4, -0.2) is 20.2 Å². The SMILES string of the molecule is Cc1cc(-c2n[nH]c(C(F)(F)F)n2)ccn1. The van der Waals surface area contributed by atoms with Gasteiger partial charge in [-0.2, -0.15) is 18.3 Å². The third kappa shape index (κ3) is 2.02. The molecule has 7 heteroatoms. The van der Waals surface area contributed by atoms with Crippen LogP contribution in [0.1, 0.15) is 11.5 Å². The molecule has 0 fully saturated rings. The molecule has 0 saturated heterocycles. The number of pyridine rings is 1. The Kier molecular flexibility index (Phi) is 2.37. The normalized spacial score (nSPS) is 11.8. The number of aromatic nitrogens is 4. The minimum Gasteiger partial charge on any atom is -0.262 e. The van der Waals surface area contributed by atoms with Crippen LogP contribution in [0.15, 0.2) is 18.3 Å². The summed E-state index contributed by atoms with van der Waals surface area (Å²) < 4.78 is 36.8. The van der Waals surface area contributed by atoms with E-state index in [2.05, 4.69) is 15.1 Å². The first kappa shape index (κ1) is 10.6. The number of hydrogen-bond donors (Lipinski definition) is 1. The molecule has 1 N–H and O–H groups in total. The van der Waals surface area contributed by atoms with Crippen LogP contribution in [0.5, 0.6) is 0 Å². The average molecular weight is 228 g/mol. The maximum atomic E-state index is 12.3. The number of nitrogens with zero attached hydrogens (tertiary/aromatic N) is 3. The zero-order valence-corrected chi connectivity index (χ0v) is 8.21. The second-order valence-electron chi connectivity index (χ2n) is 3.19. The molecule has 0 aromatic carbocycles. The second-order valence-corrected chi connectivity index (χ2v) is 3.19. The van der Waals surface area contributed by atoms with Crippen LogP contribution in [0.3, 0.4) is 0 Å². The zero-order valence-electron chi connectivity index (χ0n) is 8.21. The molecule has 0 unspecified atom stereocenters. The molecule has 2 rings (SSSR count). The fourth-order valence-electron chi connectivity index (χ4n) is 1.20. The molecule has 0 aliphatic carbocycles. The number of halogens is 3. The maximum absolute atomic E-state index is 12.3. The van der Waals surface area contributed by atoms with Gasteiger partial charge in [0.05, 0.1) is 0 Å². The van der Waals surface area contributed by atoms with Crippen LogP contribution in [0, 0.1) is 6.92 Å². The summed E-state index contributed by atoms with van der Waals surface area (Å²) in [5.74, 6) is -1.09. The summed E-state index contributed by atoms with van der Waals surface area (Å²) in [4.78, 5) is 7.31. The Bertz CT molecular complexity index is 503. The molecule has 2 aromatic heterocycles. The Morgan fingerprint density at radius 2 is 2.06 bits per heavy atom. The first-order valence-corrected chi connectivity index (χ1v) is 4.39. The molecule has 0 saturated carbocycles. The minimum absolute atomic E-state index is 0.0119. The van der Waals surface area contributed by atoms with Gasteiger partial charge in [0.25, 0.3) is 0 Å². The predicted octanol–water partition coefficient (Wildman–Crippen LogP) is 2.19. The quantitative estimate of drug-likeness (QED) is 0.813. The maximum Gasteiger partial charge on any atom is 0.451 e. The lowest BCUT2D eigenvalue weighted by atomic mass is 10.2. The molecule has 0 aliphatic rings. The fraction of sp³-hybridized carbons (Fsp3) is 0.222. The number of aryl methyl sites for hydroxylation is 1. The molecule has 0 amide bonds. The highest BCUT2D eigenvalue weighted by atomic mass is 19.4. The molecule has 4 nitrogen and oxygen atoms in total. The molecule has 0 spiro atoms. The van der Waals surface area contributed by atoms with Crippen molar-refractivity contribution in [2.24, 2.45) is 0 Å². The van der Waals surface area contributed by atoms with E-state index in [0.717, 1.165) is 0 Å². The minimum atomic E-state index is -4.51. The summed E-state index contributed by atoms with van der Waals surface area (Å²) in [7, 11) is 0. The summed E-state index contributed by atoms with van der Waals surface area (Å²) in [6.07, 6.45) is -3.01. The monoisotopic (exact) mass is 228 g/mol. The Labute approximate surface area is 88.6 Å². The van der Waals surface area contributed by atoms with E-state index in [1.165, 1.54) is 6.20 Å². The van der Waals surface area contributed by atoms with Crippen LogP contribution < -0.4 is 0 Å². The smallest absolute Gasteiger partial charge is 0.262 e. The summed E-state index contributed by atoms with van der Waals surface area (Å²) in [6.45, 7) is 1.74. The third-order valence-corrected chi connectivity index (χ3v) is 1.91. The lowest BCUT2D eigenvalue weighted by molar-refractivity contribution is -0.144. The third-order valence-electron chi connectivity index (χ3n) is 1.91. The first-order valence-electron chi connectivity index (χ1n) is 4.39. The van der Waals surface area contributed by atoms with E-state index in [4.69, 9.17) is 0 Å². The molecular formula is C9H7F3N4. The molecular weight excluding hydrogens is 221 g/mol. The number of hydrogen-bond acceptors (Lipinski definition) is 3. The second kappa shape index (κ2) is 3.58. The van der Waals surface area contributed by atoms with Crippen molar-refractivity contribution in [3.05, 3.63) is 29.8 Å². The molecule has 2 aromatic rings. The standard InChI is InChI=1S/C9H7F3N4/c1-5-4-6(2-3-13-5)7-14-8(16-15-7)9(10,11)12/h2-4H,1H3,(H,14,15,16). The Morgan fingerprint density at radius 3 is 2.62 bits per heavy atom. The first-order chi connectivity index (χ1) is 7.47. The van der Waals surface area contributed by atoms with E-state index in [-0.39, 0.29) is 5.82 Å². The van der Waals surface area contributed by atoms with Crippen molar-refractivity contribution in [2.45, 2.75) is 13.1 Å².